The van der Waals surface area contributed by atoms with E-state index in [1.807, 2.05) is 26.1 Å². The molecule has 0 radical (unpaired) electrons. The lowest BCUT2D eigenvalue weighted by Crippen LogP contribution is -2.35. The lowest BCUT2D eigenvalue weighted by atomic mass is 9.69. The molecule has 3 nitrogen and oxygen atoms in total. The number of halogens is 2. The molecule has 3 N–H and O–H groups in total. The van der Waals surface area contributed by atoms with Crippen LogP contribution in [0.15, 0.2) is 61.3 Å². The van der Waals surface area contributed by atoms with E-state index in [-0.39, 0.29) is 23.6 Å². The molecule has 1 aliphatic carbocycles. The quantitative estimate of drug-likeness (QED) is 0.351. The Hall–Kier alpha value is -2.92. The molecule has 1 saturated carbocycles. The standard InChI is InChI=1S/C27H31F2N3/c1-5-22(10-11-30-4)31-17(3)19-14-20(15-19)25-23-12-16(2)13-24(29)27(23)32-26(25)18-6-8-21(28)9-7-18/h5-9,12-13,19-20,22,30-32H,1,3,10-11,14-15H2,2,4H3. The fourth-order valence-electron chi connectivity index (χ4n) is 4.72. The molecule has 4 rings (SSSR count). The number of H-pyrrole nitrogens is 1. The molecule has 3 aromatic rings. The van der Waals surface area contributed by atoms with E-state index in [1.54, 1.807) is 18.2 Å². The van der Waals surface area contributed by atoms with Crippen molar-refractivity contribution in [3.63, 3.8) is 0 Å². The zero-order valence-electron chi connectivity index (χ0n) is 18.8. The van der Waals surface area contributed by atoms with E-state index in [9.17, 15) is 8.78 Å². The Morgan fingerprint density at radius 1 is 1.22 bits per heavy atom. The van der Waals surface area contributed by atoms with Gasteiger partial charge in [0.25, 0.3) is 0 Å². The van der Waals surface area contributed by atoms with Crippen molar-refractivity contribution in [2.75, 3.05) is 13.6 Å². The van der Waals surface area contributed by atoms with E-state index in [0.717, 1.165) is 59.3 Å². The maximum Gasteiger partial charge on any atom is 0.147 e. The number of allylic oxidation sites excluding steroid dienone is 1. The van der Waals surface area contributed by atoms with Crippen LogP contribution in [0, 0.1) is 24.5 Å². The van der Waals surface area contributed by atoms with Crippen LogP contribution in [0.2, 0.25) is 0 Å². The van der Waals surface area contributed by atoms with E-state index in [2.05, 4.69) is 28.8 Å². The molecule has 0 aliphatic heterocycles. The molecule has 5 heteroatoms. The first-order valence-corrected chi connectivity index (χ1v) is 11.2. The highest BCUT2D eigenvalue weighted by Crippen LogP contribution is 2.50. The molecular formula is C27H31F2N3. The summed E-state index contributed by atoms with van der Waals surface area (Å²) in [5, 5.41) is 7.60. The van der Waals surface area contributed by atoms with Gasteiger partial charge in [0.2, 0.25) is 0 Å². The Labute approximate surface area is 188 Å². The van der Waals surface area contributed by atoms with Gasteiger partial charge in [-0.1, -0.05) is 12.7 Å². The van der Waals surface area contributed by atoms with Crippen LogP contribution in [0.25, 0.3) is 22.2 Å². The van der Waals surface area contributed by atoms with Gasteiger partial charge in [-0.2, -0.15) is 0 Å². The Morgan fingerprint density at radius 3 is 2.59 bits per heavy atom. The van der Waals surface area contributed by atoms with E-state index in [4.69, 9.17) is 0 Å². The van der Waals surface area contributed by atoms with Gasteiger partial charge in [-0.3, -0.25) is 0 Å². The minimum atomic E-state index is -0.283. The predicted octanol–water partition coefficient (Wildman–Crippen LogP) is 6.18. The van der Waals surface area contributed by atoms with Gasteiger partial charge in [0.15, 0.2) is 0 Å². The van der Waals surface area contributed by atoms with Crippen molar-refractivity contribution in [1.82, 2.24) is 15.6 Å². The van der Waals surface area contributed by atoms with Crippen molar-refractivity contribution in [3.05, 3.63) is 84.1 Å². The molecule has 0 bridgehead atoms. The topological polar surface area (TPSA) is 39.8 Å². The van der Waals surface area contributed by atoms with Crippen LogP contribution < -0.4 is 10.6 Å². The monoisotopic (exact) mass is 435 g/mol. The van der Waals surface area contributed by atoms with Gasteiger partial charge >= 0.3 is 0 Å². The molecule has 1 fully saturated rings. The van der Waals surface area contributed by atoms with Crippen molar-refractivity contribution in [2.45, 2.75) is 38.1 Å². The second-order valence-corrected chi connectivity index (χ2v) is 8.86. The molecule has 1 heterocycles. The van der Waals surface area contributed by atoms with Gasteiger partial charge in [-0.05, 0) is 105 Å². The third kappa shape index (κ3) is 4.35. The minimum Gasteiger partial charge on any atom is -0.382 e. The van der Waals surface area contributed by atoms with Crippen LogP contribution in [-0.2, 0) is 0 Å². The normalized spacial score (nSPS) is 18.9. The van der Waals surface area contributed by atoms with Crippen LogP contribution in [0.5, 0.6) is 0 Å². The largest absolute Gasteiger partial charge is 0.382 e. The Bertz CT molecular complexity index is 1120. The summed E-state index contributed by atoms with van der Waals surface area (Å²) in [6.07, 6.45) is 4.76. The minimum absolute atomic E-state index is 0.189. The Balaban J connectivity index is 1.60. The van der Waals surface area contributed by atoms with Gasteiger partial charge in [0, 0.05) is 17.1 Å². The van der Waals surface area contributed by atoms with E-state index in [1.165, 1.54) is 12.1 Å². The summed E-state index contributed by atoms with van der Waals surface area (Å²) in [7, 11) is 1.94. The number of rotatable bonds is 9. The third-order valence-electron chi connectivity index (χ3n) is 6.58. The van der Waals surface area contributed by atoms with Crippen molar-refractivity contribution in [1.29, 1.82) is 0 Å². The van der Waals surface area contributed by atoms with E-state index in [0.29, 0.717) is 11.4 Å². The molecule has 0 saturated heterocycles. The number of aryl methyl sites for hydroxylation is 1. The molecule has 0 amide bonds. The first-order chi connectivity index (χ1) is 15.4. The maximum atomic E-state index is 14.8. The van der Waals surface area contributed by atoms with Crippen molar-refractivity contribution >= 4 is 10.9 Å². The van der Waals surface area contributed by atoms with Crippen molar-refractivity contribution < 1.29 is 8.78 Å². The van der Waals surface area contributed by atoms with E-state index >= 15 is 0 Å². The van der Waals surface area contributed by atoms with Gasteiger partial charge in [-0.25, -0.2) is 8.78 Å². The third-order valence-corrected chi connectivity index (χ3v) is 6.58. The second kappa shape index (κ2) is 9.29. The van der Waals surface area contributed by atoms with Gasteiger partial charge in [-0.15, -0.1) is 6.58 Å². The van der Waals surface area contributed by atoms with Crippen LogP contribution in [0.4, 0.5) is 8.78 Å². The molecular weight excluding hydrogens is 404 g/mol. The van der Waals surface area contributed by atoms with Crippen LogP contribution in [0.1, 0.15) is 36.3 Å². The van der Waals surface area contributed by atoms with Crippen LogP contribution in [-0.4, -0.2) is 24.6 Å². The SMILES string of the molecule is C=CC(CCNC)NC(=C)C1CC(c2c(-c3ccc(F)cc3)[nH]c3c(F)cc(C)cc23)C1. The van der Waals surface area contributed by atoms with Crippen LogP contribution >= 0.6 is 0 Å². The number of hydrogen-bond donors (Lipinski definition) is 3. The van der Waals surface area contributed by atoms with Gasteiger partial charge in [0.05, 0.1) is 11.2 Å². The number of nitrogens with one attached hydrogen (secondary N) is 3. The van der Waals surface area contributed by atoms with Crippen LogP contribution in [0.3, 0.4) is 0 Å². The average molecular weight is 436 g/mol. The summed E-state index contributed by atoms with van der Waals surface area (Å²) in [5.41, 5.74) is 5.31. The summed E-state index contributed by atoms with van der Waals surface area (Å²) < 4.78 is 28.3. The average Bonchev–Trinajstić information content (AvgIpc) is 3.10. The number of aromatic amines is 1. The van der Waals surface area contributed by atoms with Crippen molar-refractivity contribution in [2.24, 2.45) is 5.92 Å². The Morgan fingerprint density at radius 2 is 1.94 bits per heavy atom. The highest BCUT2D eigenvalue weighted by molar-refractivity contribution is 5.92. The molecule has 2 aromatic carbocycles. The second-order valence-electron chi connectivity index (χ2n) is 8.86. The zero-order chi connectivity index (χ0) is 22.8. The number of hydrogen-bond acceptors (Lipinski definition) is 2. The lowest BCUT2D eigenvalue weighted by Gasteiger charge is -2.38. The molecule has 168 valence electrons. The van der Waals surface area contributed by atoms with Crippen molar-refractivity contribution in [3.8, 4) is 11.3 Å². The predicted molar refractivity (Wildman–Crippen MR) is 129 cm³/mol. The molecule has 1 unspecified atom stereocenters. The smallest absolute Gasteiger partial charge is 0.147 e. The lowest BCUT2D eigenvalue weighted by molar-refractivity contribution is 0.292. The number of aromatic nitrogens is 1. The molecule has 1 aromatic heterocycles. The summed E-state index contributed by atoms with van der Waals surface area (Å²) >= 11 is 0. The molecule has 0 spiro atoms. The summed E-state index contributed by atoms with van der Waals surface area (Å²) in [5.74, 6) is 0.107. The van der Waals surface area contributed by atoms with Gasteiger partial charge in [0.1, 0.15) is 11.6 Å². The highest BCUT2D eigenvalue weighted by atomic mass is 19.1. The van der Waals surface area contributed by atoms with E-state index < -0.39 is 0 Å². The highest BCUT2D eigenvalue weighted by Gasteiger charge is 2.36. The molecule has 1 aliphatic rings. The molecule has 32 heavy (non-hydrogen) atoms. The zero-order valence-corrected chi connectivity index (χ0v) is 18.8. The molecule has 1 atom stereocenters. The fraction of sp³-hybridized carbons (Fsp3) is 0.333. The first kappa shape index (κ1) is 22.3. The summed E-state index contributed by atoms with van der Waals surface area (Å²) in [6, 6.07) is 10.2. The number of fused-ring (bicyclic) bond motifs is 1. The number of benzene rings is 2. The van der Waals surface area contributed by atoms with Gasteiger partial charge < -0.3 is 15.6 Å². The fourth-order valence-corrected chi connectivity index (χ4v) is 4.72. The summed E-state index contributed by atoms with van der Waals surface area (Å²) in [6.45, 7) is 11.0. The first-order valence-electron chi connectivity index (χ1n) is 11.2. The maximum absolute atomic E-state index is 14.8. The Kier molecular flexibility index (Phi) is 6.47. The summed E-state index contributed by atoms with van der Waals surface area (Å²) in [4.78, 5) is 3.30.